The van der Waals surface area contributed by atoms with Gasteiger partial charge in [-0.15, -0.1) is 11.6 Å². The first-order valence-electron chi connectivity index (χ1n) is 5.63. The van der Waals surface area contributed by atoms with E-state index in [4.69, 9.17) is 11.6 Å². The molecule has 2 aromatic rings. The maximum Gasteiger partial charge on any atom is 0.179 e. The van der Waals surface area contributed by atoms with E-state index in [9.17, 15) is 4.79 Å². The van der Waals surface area contributed by atoms with Crippen LogP contribution < -0.4 is 0 Å². The van der Waals surface area contributed by atoms with Crippen molar-refractivity contribution in [3.8, 4) is 0 Å². The highest BCUT2D eigenvalue weighted by Crippen LogP contribution is 2.17. The fourth-order valence-corrected chi connectivity index (χ4v) is 2.14. The van der Waals surface area contributed by atoms with Crippen LogP contribution in [0.4, 0.5) is 0 Å². The van der Waals surface area contributed by atoms with Crippen molar-refractivity contribution in [1.29, 1.82) is 0 Å². The van der Waals surface area contributed by atoms with Crippen LogP contribution in [0.1, 0.15) is 27.6 Å². The molecular formula is C12H15ClN4O. The summed E-state index contributed by atoms with van der Waals surface area (Å²) in [4.78, 5) is 15.9. The lowest BCUT2D eigenvalue weighted by atomic mass is 10.2. The van der Waals surface area contributed by atoms with Crippen LogP contribution in [0, 0.1) is 13.8 Å². The lowest BCUT2D eigenvalue weighted by Gasteiger charge is -2.06. The lowest BCUT2D eigenvalue weighted by Crippen LogP contribution is -2.08. The van der Waals surface area contributed by atoms with Gasteiger partial charge < -0.3 is 4.57 Å². The zero-order valence-corrected chi connectivity index (χ0v) is 11.4. The molecule has 0 saturated carbocycles. The minimum atomic E-state index is -0.0509. The van der Waals surface area contributed by atoms with Gasteiger partial charge in [0, 0.05) is 24.0 Å². The Labute approximate surface area is 110 Å². The number of halogens is 1. The quantitative estimate of drug-likeness (QED) is 0.625. The van der Waals surface area contributed by atoms with Crippen LogP contribution in [-0.2, 0) is 13.6 Å². The summed E-state index contributed by atoms with van der Waals surface area (Å²) < 4.78 is 3.68. The normalized spacial score (nSPS) is 10.9. The molecule has 0 unspecified atom stereocenters. The van der Waals surface area contributed by atoms with E-state index in [0.29, 0.717) is 12.1 Å². The van der Waals surface area contributed by atoms with Crippen molar-refractivity contribution >= 4 is 17.4 Å². The SMILES string of the molecule is Cc1cc(C(=O)CCl)c(C)n1Cc1ncn(C)n1. The topological polar surface area (TPSA) is 52.7 Å². The number of carbonyl (C=O) groups is 1. The number of aryl methyl sites for hydroxylation is 2. The van der Waals surface area contributed by atoms with Gasteiger partial charge in [0.15, 0.2) is 11.6 Å². The molecule has 0 atom stereocenters. The third-order valence-corrected chi connectivity index (χ3v) is 3.18. The van der Waals surface area contributed by atoms with Crippen molar-refractivity contribution in [2.75, 3.05) is 5.88 Å². The van der Waals surface area contributed by atoms with E-state index in [1.165, 1.54) is 0 Å². The summed E-state index contributed by atoms with van der Waals surface area (Å²) in [7, 11) is 1.83. The van der Waals surface area contributed by atoms with Crippen LogP contribution in [0.2, 0.25) is 0 Å². The Morgan fingerprint density at radius 1 is 1.44 bits per heavy atom. The first-order chi connectivity index (χ1) is 8.52. The fourth-order valence-electron chi connectivity index (χ4n) is 2.00. The van der Waals surface area contributed by atoms with E-state index >= 15 is 0 Å². The van der Waals surface area contributed by atoms with Gasteiger partial charge in [-0.3, -0.25) is 9.48 Å². The van der Waals surface area contributed by atoms with Crippen molar-refractivity contribution in [2.24, 2.45) is 7.05 Å². The zero-order valence-electron chi connectivity index (χ0n) is 10.6. The summed E-state index contributed by atoms with van der Waals surface area (Å²) >= 11 is 5.60. The molecule has 0 aliphatic carbocycles. The van der Waals surface area contributed by atoms with Gasteiger partial charge in [-0.05, 0) is 19.9 Å². The number of Topliss-reactive ketones (excluding diaryl/α,β-unsaturated/α-hetero) is 1. The number of alkyl halides is 1. The second kappa shape index (κ2) is 4.94. The summed E-state index contributed by atoms with van der Waals surface area (Å²) in [6, 6.07) is 1.86. The number of rotatable bonds is 4. The third-order valence-electron chi connectivity index (χ3n) is 2.94. The van der Waals surface area contributed by atoms with E-state index in [1.807, 2.05) is 31.5 Å². The van der Waals surface area contributed by atoms with Crippen LogP contribution in [0.15, 0.2) is 12.4 Å². The molecule has 2 aromatic heterocycles. The van der Waals surface area contributed by atoms with Gasteiger partial charge in [-0.1, -0.05) is 0 Å². The van der Waals surface area contributed by atoms with E-state index < -0.39 is 0 Å². The second-order valence-electron chi connectivity index (χ2n) is 4.26. The molecule has 0 amide bonds. The van der Waals surface area contributed by atoms with Crippen molar-refractivity contribution in [3.05, 3.63) is 35.2 Å². The first kappa shape index (κ1) is 12.8. The highest BCUT2D eigenvalue weighted by atomic mass is 35.5. The van der Waals surface area contributed by atoms with Crippen molar-refractivity contribution in [3.63, 3.8) is 0 Å². The Morgan fingerprint density at radius 2 is 2.17 bits per heavy atom. The maximum absolute atomic E-state index is 11.7. The molecule has 96 valence electrons. The van der Waals surface area contributed by atoms with Gasteiger partial charge in [0.25, 0.3) is 0 Å². The molecule has 0 N–H and O–H groups in total. The molecule has 0 fully saturated rings. The predicted molar refractivity (Wildman–Crippen MR) is 69.1 cm³/mol. The summed E-state index contributed by atoms with van der Waals surface area (Å²) in [5.41, 5.74) is 2.59. The standard InChI is InChI=1S/C12H15ClN4O/c1-8-4-10(11(18)5-13)9(2)17(8)6-12-14-7-16(3)15-12/h4,7H,5-6H2,1-3H3. The predicted octanol–water partition coefficient (Wildman–Crippen LogP) is 1.70. The lowest BCUT2D eigenvalue weighted by molar-refractivity contribution is 0.102. The largest absolute Gasteiger partial charge is 0.341 e. The molecule has 6 heteroatoms. The van der Waals surface area contributed by atoms with Gasteiger partial charge >= 0.3 is 0 Å². The average molecular weight is 267 g/mol. The monoisotopic (exact) mass is 266 g/mol. The molecule has 0 radical (unpaired) electrons. The smallest absolute Gasteiger partial charge is 0.179 e. The molecular weight excluding hydrogens is 252 g/mol. The summed E-state index contributed by atoms with van der Waals surface area (Å²) in [6.07, 6.45) is 1.66. The Balaban J connectivity index is 2.34. The maximum atomic E-state index is 11.7. The fraction of sp³-hybridized carbons (Fsp3) is 0.417. The summed E-state index contributed by atoms with van der Waals surface area (Å²) in [6.45, 7) is 4.44. The van der Waals surface area contributed by atoms with Crippen molar-refractivity contribution in [1.82, 2.24) is 19.3 Å². The van der Waals surface area contributed by atoms with Gasteiger partial charge in [-0.25, -0.2) is 4.98 Å². The molecule has 18 heavy (non-hydrogen) atoms. The van der Waals surface area contributed by atoms with E-state index in [2.05, 4.69) is 10.1 Å². The third kappa shape index (κ3) is 2.31. The molecule has 2 heterocycles. The molecule has 2 rings (SSSR count). The molecule has 0 aliphatic heterocycles. The summed E-state index contributed by atoms with van der Waals surface area (Å²) in [5, 5.41) is 4.24. The number of aromatic nitrogens is 4. The van der Waals surface area contributed by atoms with Gasteiger partial charge in [-0.2, -0.15) is 5.10 Å². The molecule has 0 spiro atoms. The summed E-state index contributed by atoms with van der Waals surface area (Å²) in [5.74, 6) is 0.681. The highest BCUT2D eigenvalue weighted by molar-refractivity contribution is 6.30. The number of hydrogen-bond donors (Lipinski definition) is 0. The molecule has 0 saturated heterocycles. The van der Waals surface area contributed by atoms with E-state index in [0.717, 1.165) is 17.2 Å². The number of carbonyl (C=O) groups excluding carboxylic acids is 1. The van der Waals surface area contributed by atoms with Gasteiger partial charge in [0.05, 0.1) is 12.4 Å². The first-order valence-corrected chi connectivity index (χ1v) is 6.16. The Bertz CT molecular complexity index is 585. The number of ketones is 1. The van der Waals surface area contributed by atoms with Crippen LogP contribution in [0.25, 0.3) is 0 Å². The zero-order chi connectivity index (χ0) is 13.3. The minimum absolute atomic E-state index is 0.00608. The average Bonchev–Trinajstić information content (AvgIpc) is 2.87. The van der Waals surface area contributed by atoms with Gasteiger partial charge in [0.2, 0.25) is 0 Å². The van der Waals surface area contributed by atoms with Crippen LogP contribution in [-0.4, -0.2) is 31.0 Å². The number of hydrogen-bond acceptors (Lipinski definition) is 3. The molecule has 0 bridgehead atoms. The highest BCUT2D eigenvalue weighted by Gasteiger charge is 2.15. The second-order valence-corrected chi connectivity index (χ2v) is 4.53. The van der Waals surface area contributed by atoms with E-state index in [1.54, 1.807) is 11.0 Å². The Morgan fingerprint density at radius 3 is 2.72 bits per heavy atom. The Kier molecular flexibility index (Phi) is 3.52. The Hall–Kier alpha value is -1.62. The van der Waals surface area contributed by atoms with Crippen molar-refractivity contribution < 1.29 is 4.79 Å². The van der Waals surface area contributed by atoms with Gasteiger partial charge in [0.1, 0.15) is 6.33 Å². The van der Waals surface area contributed by atoms with Crippen LogP contribution in [0.5, 0.6) is 0 Å². The van der Waals surface area contributed by atoms with Crippen molar-refractivity contribution in [2.45, 2.75) is 20.4 Å². The minimum Gasteiger partial charge on any atom is -0.341 e. The number of nitrogens with zero attached hydrogens (tertiary/aromatic N) is 4. The molecule has 0 aliphatic rings. The van der Waals surface area contributed by atoms with E-state index in [-0.39, 0.29) is 11.7 Å². The van der Waals surface area contributed by atoms with Crippen LogP contribution in [0.3, 0.4) is 0 Å². The molecule has 0 aromatic carbocycles. The van der Waals surface area contributed by atoms with Crippen LogP contribution >= 0.6 is 11.6 Å². The molecule has 5 nitrogen and oxygen atoms in total.